The first-order valence-electron chi connectivity index (χ1n) is 6.28. The van der Waals surface area contributed by atoms with Gasteiger partial charge in [-0.25, -0.2) is 4.39 Å². The van der Waals surface area contributed by atoms with E-state index in [-0.39, 0.29) is 5.82 Å². The molecule has 1 N–H and O–H groups in total. The van der Waals surface area contributed by atoms with E-state index in [1.54, 1.807) is 12.1 Å². The third kappa shape index (κ3) is 2.16. The van der Waals surface area contributed by atoms with Gasteiger partial charge < -0.3 is 9.77 Å². The number of fused-ring (bicyclic) bond motifs is 1. The van der Waals surface area contributed by atoms with E-state index in [1.807, 2.05) is 41.0 Å². The molecule has 0 fully saturated rings. The van der Waals surface area contributed by atoms with Crippen molar-refractivity contribution in [3.05, 3.63) is 71.7 Å². The summed E-state index contributed by atoms with van der Waals surface area (Å²) in [5, 5.41) is 12.9. The first-order chi connectivity index (χ1) is 9.79. The number of oxime groups is 1. The number of benzene rings is 2. The van der Waals surface area contributed by atoms with Gasteiger partial charge >= 0.3 is 0 Å². The number of halogens is 1. The van der Waals surface area contributed by atoms with Gasteiger partial charge in [-0.3, -0.25) is 0 Å². The number of hydrogen-bond acceptors (Lipinski definition) is 2. The monoisotopic (exact) mass is 268 g/mol. The molecule has 0 saturated heterocycles. The molecule has 3 rings (SSSR count). The van der Waals surface area contributed by atoms with Crippen LogP contribution >= 0.6 is 0 Å². The highest BCUT2D eigenvalue weighted by atomic mass is 19.1. The molecule has 0 atom stereocenters. The van der Waals surface area contributed by atoms with Crippen LogP contribution < -0.4 is 0 Å². The summed E-state index contributed by atoms with van der Waals surface area (Å²) in [6.07, 6.45) is 1.36. The second-order valence-corrected chi connectivity index (χ2v) is 4.55. The standard InChI is InChI=1S/C16H13FN2O/c17-15-7-3-1-6-13(15)11-19-14(10-18-20)9-12-5-2-4-8-16(12)19/h1-10,20H,11H2/b18-10-. The molecule has 0 bridgehead atoms. The van der Waals surface area contributed by atoms with E-state index in [0.29, 0.717) is 12.1 Å². The molecular weight excluding hydrogens is 255 g/mol. The Labute approximate surface area is 115 Å². The number of aromatic nitrogens is 1. The van der Waals surface area contributed by atoms with Crippen LogP contribution in [0, 0.1) is 5.82 Å². The van der Waals surface area contributed by atoms with E-state index in [2.05, 4.69) is 5.16 Å². The van der Waals surface area contributed by atoms with Crippen molar-refractivity contribution >= 4 is 17.1 Å². The number of para-hydroxylation sites is 1. The van der Waals surface area contributed by atoms with Crippen LogP contribution in [-0.4, -0.2) is 16.0 Å². The molecule has 0 aliphatic rings. The molecule has 100 valence electrons. The first-order valence-corrected chi connectivity index (χ1v) is 6.28. The van der Waals surface area contributed by atoms with Gasteiger partial charge in [0.2, 0.25) is 0 Å². The van der Waals surface area contributed by atoms with Gasteiger partial charge in [-0.15, -0.1) is 0 Å². The zero-order valence-corrected chi connectivity index (χ0v) is 10.7. The van der Waals surface area contributed by atoms with E-state index in [4.69, 9.17) is 5.21 Å². The Bertz CT molecular complexity index is 777. The maximum absolute atomic E-state index is 13.8. The molecule has 4 heteroatoms. The zero-order valence-electron chi connectivity index (χ0n) is 10.7. The van der Waals surface area contributed by atoms with Crippen LogP contribution in [0.5, 0.6) is 0 Å². The molecular formula is C16H13FN2O. The minimum Gasteiger partial charge on any atom is -0.411 e. The normalized spacial score (nSPS) is 11.4. The maximum atomic E-state index is 13.8. The van der Waals surface area contributed by atoms with Crippen molar-refractivity contribution in [1.82, 2.24) is 4.57 Å². The maximum Gasteiger partial charge on any atom is 0.128 e. The molecule has 3 aromatic rings. The van der Waals surface area contributed by atoms with Crippen LogP contribution in [0.3, 0.4) is 0 Å². The third-order valence-corrected chi connectivity index (χ3v) is 3.32. The van der Waals surface area contributed by atoms with Gasteiger partial charge in [0.15, 0.2) is 0 Å². The van der Waals surface area contributed by atoms with Gasteiger partial charge in [0.25, 0.3) is 0 Å². The molecule has 3 nitrogen and oxygen atoms in total. The average molecular weight is 268 g/mol. The summed E-state index contributed by atoms with van der Waals surface area (Å²) in [7, 11) is 0. The summed E-state index contributed by atoms with van der Waals surface area (Å²) >= 11 is 0. The summed E-state index contributed by atoms with van der Waals surface area (Å²) in [5.41, 5.74) is 2.31. The van der Waals surface area contributed by atoms with Crippen LogP contribution in [0.1, 0.15) is 11.3 Å². The predicted molar refractivity (Wildman–Crippen MR) is 76.8 cm³/mol. The summed E-state index contributed by atoms with van der Waals surface area (Å²) in [6.45, 7) is 0.390. The first kappa shape index (κ1) is 12.4. The Morgan fingerprint density at radius 1 is 1.10 bits per heavy atom. The smallest absolute Gasteiger partial charge is 0.128 e. The van der Waals surface area contributed by atoms with Crippen molar-refractivity contribution in [2.45, 2.75) is 6.54 Å². The van der Waals surface area contributed by atoms with Gasteiger partial charge in [0.1, 0.15) is 5.82 Å². The van der Waals surface area contributed by atoms with E-state index >= 15 is 0 Å². The Morgan fingerprint density at radius 3 is 2.65 bits per heavy atom. The van der Waals surface area contributed by atoms with Crippen molar-refractivity contribution in [1.29, 1.82) is 0 Å². The lowest BCUT2D eigenvalue weighted by atomic mass is 10.2. The SMILES string of the molecule is O/N=C\c1cc2ccccc2n1Cc1ccccc1F. The fraction of sp³-hybridized carbons (Fsp3) is 0.0625. The van der Waals surface area contributed by atoms with Crippen LogP contribution in [0.4, 0.5) is 4.39 Å². The van der Waals surface area contributed by atoms with Crippen LogP contribution in [0.2, 0.25) is 0 Å². The molecule has 0 amide bonds. The van der Waals surface area contributed by atoms with Crippen LogP contribution in [0.25, 0.3) is 10.9 Å². The van der Waals surface area contributed by atoms with Crippen molar-refractivity contribution in [2.75, 3.05) is 0 Å². The van der Waals surface area contributed by atoms with Gasteiger partial charge in [0.05, 0.1) is 18.5 Å². The number of hydrogen-bond donors (Lipinski definition) is 1. The molecule has 0 aliphatic carbocycles. The highest BCUT2D eigenvalue weighted by Gasteiger charge is 2.09. The van der Waals surface area contributed by atoms with Crippen molar-refractivity contribution < 1.29 is 9.60 Å². The Morgan fingerprint density at radius 2 is 1.85 bits per heavy atom. The fourth-order valence-electron chi connectivity index (χ4n) is 2.37. The van der Waals surface area contributed by atoms with Crippen molar-refractivity contribution in [3.8, 4) is 0 Å². The summed E-state index contributed by atoms with van der Waals surface area (Å²) in [5.74, 6) is -0.239. The zero-order chi connectivity index (χ0) is 13.9. The molecule has 0 unspecified atom stereocenters. The highest BCUT2D eigenvalue weighted by molar-refractivity contribution is 5.90. The fourth-order valence-corrected chi connectivity index (χ4v) is 2.37. The molecule has 20 heavy (non-hydrogen) atoms. The quantitative estimate of drug-likeness (QED) is 0.439. The summed E-state index contributed by atoms with van der Waals surface area (Å²) in [6, 6.07) is 16.4. The summed E-state index contributed by atoms with van der Waals surface area (Å²) < 4.78 is 15.7. The lowest BCUT2D eigenvalue weighted by molar-refractivity contribution is 0.321. The van der Waals surface area contributed by atoms with Crippen LogP contribution in [-0.2, 0) is 6.54 Å². The number of rotatable bonds is 3. The Hall–Kier alpha value is -2.62. The van der Waals surface area contributed by atoms with E-state index in [1.165, 1.54) is 12.3 Å². The summed E-state index contributed by atoms with van der Waals surface area (Å²) in [4.78, 5) is 0. The minimum absolute atomic E-state index is 0.239. The minimum atomic E-state index is -0.239. The molecule has 1 heterocycles. The lowest BCUT2D eigenvalue weighted by Gasteiger charge is -2.09. The van der Waals surface area contributed by atoms with E-state index in [9.17, 15) is 4.39 Å². The molecule has 0 aliphatic heterocycles. The van der Waals surface area contributed by atoms with Gasteiger partial charge in [-0.05, 0) is 18.2 Å². The average Bonchev–Trinajstić information content (AvgIpc) is 2.80. The lowest BCUT2D eigenvalue weighted by Crippen LogP contribution is -2.05. The van der Waals surface area contributed by atoms with Gasteiger partial charge in [-0.2, -0.15) is 0 Å². The molecule has 0 saturated carbocycles. The third-order valence-electron chi connectivity index (χ3n) is 3.32. The van der Waals surface area contributed by atoms with E-state index < -0.39 is 0 Å². The van der Waals surface area contributed by atoms with Crippen molar-refractivity contribution in [2.24, 2.45) is 5.16 Å². The molecule has 0 spiro atoms. The number of nitrogens with zero attached hydrogens (tertiary/aromatic N) is 2. The predicted octanol–water partition coefficient (Wildman–Crippen LogP) is 3.64. The van der Waals surface area contributed by atoms with E-state index in [0.717, 1.165) is 16.6 Å². The van der Waals surface area contributed by atoms with Crippen molar-refractivity contribution in [3.63, 3.8) is 0 Å². The Kier molecular flexibility index (Phi) is 3.21. The van der Waals surface area contributed by atoms with Gasteiger partial charge in [0, 0.05) is 16.5 Å². The van der Waals surface area contributed by atoms with Crippen LogP contribution in [0.15, 0.2) is 59.8 Å². The molecule has 2 aromatic carbocycles. The second-order valence-electron chi connectivity index (χ2n) is 4.55. The highest BCUT2D eigenvalue weighted by Crippen LogP contribution is 2.21. The van der Waals surface area contributed by atoms with Gasteiger partial charge in [-0.1, -0.05) is 41.6 Å². The molecule has 1 aromatic heterocycles. The Balaban J connectivity index is 2.14. The second kappa shape index (κ2) is 5.17. The largest absolute Gasteiger partial charge is 0.411 e. The molecule has 0 radical (unpaired) electrons. The topological polar surface area (TPSA) is 37.5 Å².